The van der Waals surface area contributed by atoms with Crippen LogP contribution in [0, 0.1) is 0 Å². The quantitative estimate of drug-likeness (QED) is 0.468. The van der Waals surface area contributed by atoms with E-state index in [1.54, 1.807) is 5.06 Å². The van der Waals surface area contributed by atoms with Crippen molar-refractivity contribution in [2.45, 2.75) is 0 Å². The smallest absolute Gasteiger partial charge is 0.155 e. The Bertz CT molecular complexity index is 977. The SMILES string of the molecule is CN(Oc1ccc2ccccc2c1)c1ccc2ccccc2c1. The topological polar surface area (TPSA) is 12.5 Å². The monoisotopic (exact) mass is 299 g/mol. The van der Waals surface area contributed by atoms with Gasteiger partial charge in [-0.05, 0) is 45.8 Å². The number of hydrogen-bond donors (Lipinski definition) is 0. The molecule has 0 aromatic heterocycles. The first-order chi connectivity index (χ1) is 11.3. The van der Waals surface area contributed by atoms with E-state index in [0.29, 0.717) is 0 Å². The van der Waals surface area contributed by atoms with E-state index in [1.807, 2.05) is 25.2 Å². The summed E-state index contributed by atoms with van der Waals surface area (Å²) in [6.45, 7) is 0. The third-order valence-corrected chi connectivity index (χ3v) is 4.06. The molecular formula is C21H17NO. The van der Waals surface area contributed by atoms with Crippen LogP contribution in [0.2, 0.25) is 0 Å². The van der Waals surface area contributed by atoms with E-state index < -0.39 is 0 Å². The molecule has 4 rings (SSSR count). The van der Waals surface area contributed by atoms with Gasteiger partial charge in [0.1, 0.15) is 0 Å². The Kier molecular flexibility index (Phi) is 3.35. The predicted molar refractivity (Wildman–Crippen MR) is 96.9 cm³/mol. The number of anilines is 1. The van der Waals surface area contributed by atoms with E-state index in [1.165, 1.54) is 21.5 Å². The standard InChI is InChI=1S/C21H17NO/c1-22(20-12-10-16-6-2-4-8-18(16)14-20)23-21-13-11-17-7-3-5-9-19(17)15-21/h2-15H,1H3. The lowest BCUT2D eigenvalue weighted by Gasteiger charge is -2.20. The summed E-state index contributed by atoms with van der Waals surface area (Å²) >= 11 is 0. The molecule has 112 valence electrons. The summed E-state index contributed by atoms with van der Waals surface area (Å²) < 4.78 is 0. The number of hydroxylamine groups is 1. The molecule has 0 heterocycles. The zero-order valence-corrected chi connectivity index (χ0v) is 12.9. The maximum Gasteiger partial charge on any atom is 0.155 e. The highest BCUT2D eigenvalue weighted by atomic mass is 16.7. The van der Waals surface area contributed by atoms with Crippen molar-refractivity contribution in [3.63, 3.8) is 0 Å². The molecular weight excluding hydrogens is 282 g/mol. The summed E-state index contributed by atoms with van der Waals surface area (Å²) in [6.07, 6.45) is 0. The van der Waals surface area contributed by atoms with Gasteiger partial charge < -0.3 is 4.84 Å². The molecule has 0 amide bonds. The number of rotatable bonds is 3. The zero-order chi connectivity index (χ0) is 15.6. The van der Waals surface area contributed by atoms with Gasteiger partial charge in [-0.15, -0.1) is 0 Å². The van der Waals surface area contributed by atoms with Crippen molar-refractivity contribution < 1.29 is 4.84 Å². The Morgan fingerprint density at radius 2 is 1.17 bits per heavy atom. The fourth-order valence-corrected chi connectivity index (χ4v) is 2.81. The van der Waals surface area contributed by atoms with Crippen molar-refractivity contribution in [3.8, 4) is 5.75 Å². The Balaban J connectivity index is 1.63. The van der Waals surface area contributed by atoms with Crippen LogP contribution in [0.15, 0.2) is 84.9 Å². The predicted octanol–water partition coefficient (Wildman–Crippen LogP) is 5.42. The fraction of sp³-hybridized carbons (Fsp3) is 0.0476. The molecule has 0 spiro atoms. The highest BCUT2D eigenvalue weighted by Gasteiger charge is 2.05. The van der Waals surface area contributed by atoms with E-state index in [9.17, 15) is 0 Å². The van der Waals surface area contributed by atoms with Gasteiger partial charge in [0.05, 0.1) is 5.69 Å². The van der Waals surface area contributed by atoms with Crippen LogP contribution in [0.1, 0.15) is 0 Å². The van der Waals surface area contributed by atoms with Crippen LogP contribution in [0.3, 0.4) is 0 Å². The molecule has 0 saturated carbocycles. The second-order valence-electron chi connectivity index (χ2n) is 5.63. The summed E-state index contributed by atoms with van der Waals surface area (Å²) in [5.74, 6) is 0.833. The average molecular weight is 299 g/mol. The molecule has 0 radical (unpaired) electrons. The molecule has 2 nitrogen and oxygen atoms in total. The van der Waals surface area contributed by atoms with Gasteiger partial charge in [-0.1, -0.05) is 60.7 Å². The first-order valence-corrected chi connectivity index (χ1v) is 7.69. The molecule has 4 aromatic rings. The lowest BCUT2D eigenvalue weighted by Crippen LogP contribution is -2.21. The third kappa shape index (κ3) is 2.71. The number of hydrogen-bond acceptors (Lipinski definition) is 2. The number of benzene rings is 4. The Hall–Kier alpha value is -3.00. The lowest BCUT2D eigenvalue weighted by molar-refractivity contribution is 0.304. The van der Waals surface area contributed by atoms with Crippen LogP contribution in [-0.2, 0) is 0 Å². The molecule has 0 atom stereocenters. The van der Waals surface area contributed by atoms with Gasteiger partial charge in [0.25, 0.3) is 0 Å². The molecule has 0 aliphatic heterocycles. The lowest BCUT2D eigenvalue weighted by atomic mass is 10.1. The number of fused-ring (bicyclic) bond motifs is 2. The number of nitrogens with zero attached hydrogens (tertiary/aromatic N) is 1. The van der Waals surface area contributed by atoms with E-state index in [2.05, 4.69) is 66.7 Å². The Labute approximate surface area is 135 Å². The van der Waals surface area contributed by atoms with E-state index >= 15 is 0 Å². The molecule has 0 aliphatic carbocycles. The fourth-order valence-electron chi connectivity index (χ4n) is 2.81. The van der Waals surface area contributed by atoms with Crippen LogP contribution < -0.4 is 9.90 Å². The zero-order valence-electron chi connectivity index (χ0n) is 12.9. The summed E-state index contributed by atoms with van der Waals surface area (Å²) in [6, 6.07) is 29.1. The van der Waals surface area contributed by atoms with Gasteiger partial charge >= 0.3 is 0 Å². The van der Waals surface area contributed by atoms with E-state index in [0.717, 1.165) is 11.4 Å². The molecule has 0 saturated heterocycles. The van der Waals surface area contributed by atoms with E-state index in [-0.39, 0.29) is 0 Å². The minimum absolute atomic E-state index is 0.833. The van der Waals surface area contributed by atoms with Crippen LogP contribution in [0.5, 0.6) is 5.75 Å². The van der Waals surface area contributed by atoms with Crippen LogP contribution in [0.25, 0.3) is 21.5 Å². The van der Waals surface area contributed by atoms with Crippen molar-refractivity contribution in [2.75, 3.05) is 12.1 Å². The molecule has 0 unspecified atom stereocenters. The van der Waals surface area contributed by atoms with Crippen LogP contribution in [-0.4, -0.2) is 7.05 Å². The minimum atomic E-state index is 0.833. The highest BCUT2D eigenvalue weighted by molar-refractivity contribution is 5.86. The van der Waals surface area contributed by atoms with Gasteiger partial charge in [-0.3, -0.25) is 0 Å². The van der Waals surface area contributed by atoms with Crippen molar-refractivity contribution in [1.82, 2.24) is 0 Å². The molecule has 0 aliphatic rings. The molecule has 0 N–H and O–H groups in total. The highest BCUT2D eigenvalue weighted by Crippen LogP contribution is 2.25. The molecule has 23 heavy (non-hydrogen) atoms. The molecule has 2 heteroatoms. The second-order valence-corrected chi connectivity index (χ2v) is 5.63. The van der Waals surface area contributed by atoms with Crippen molar-refractivity contribution in [3.05, 3.63) is 84.9 Å². The average Bonchev–Trinajstić information content (AvgIpc) is 2.61. The van der Waals surface area contributed by atoms with E-state index in [4.69, 9.17) is 4.84 Å². The summed E-state index contributed by atoms with van der Waals surface area (Å²) in [4.78, 5) is 5.99. The first-order valence-electron chi connectivity index (χ1n) is 7.69. The van der Waals surface area contributed by atoms with Gasteiger partial charge in [-0.2, -0.15) is 0 Å². The summed E-state index contributed by atoms with van der Waals surface area (Å²) in [5, 5.41) is 6.63. The molecule has 0 bridgehead atoms. The molecule has 4 aromatic carbocycles. The van der Waals surface area contributed by atoms with Gasteiger partial charge in [0, 0.05) is 7.05 Å². The van der Waals surface area contributed by atoms with Gasteiger partial charge in [0.2, 0.25) is 0 Å². The maximum absolute atomic E-state index is 5.99. The van der Waals surface area contributed by atoms with Gasteiger partial charge in [-0.25, -0.2) is 5.06 Å². The Morgan fingerprint density at radius 1 is 0.609 bits per heavy atom. The second kappa shape index (κ2) is 5.65. The van der Waals surface area contributed by atoms with Crippen molar-refractivity contribution >= 4 is 27.2 Å². The molecule has 0 fully saturated rings. The third-order valence-electron chi connectivity index (χ3n) is 4.06. The van der Waals surface area contributed by atoms with Gasteiger partial charge in [0.15, 0.2) is 5.75 Å². The maximum atomic E-state index is 5.99. The normalized spacial score (nSPS) is 10.8. The van der Waals surface area contributed by atoms with Crippen molar-refractivity contribution in [2.24, 2.45) is 0 Å². The van der Waals surface area contributed by atoms with Crippen LogP contribution in [0.4, 0.5) is 5.69 Å². The summed E-state index contributed by atoms with van der Waals surface area (Å²) in [7, 11) is 1.93. The first kappa shape index (κ1) is 13.6. The largest absolute Gasteiger partial charge is 0.380 e. The summed E-state index contributed by atoms with van der Waals surface area (Å²) in [5.41, 5.74) is 1.02. The Morgan fingerprint density at radius 3 is 1.87 bits per heavy atom. The van der Waals surface area contributed by atoms with Crippen LogP contribution >= 0.6 is 0 Å². The van der Waals surface area contributed by atoms with Crippen molar-refractivity contribution in [1.29, 1.82) is 0 Å². The minimum Gasteiger partial charge on any atom is -0.380 e.